The van der Waals surface area contributed by atoms with Gasteiger partial charge in [-0.3, -0.25) is 4.79 Å². The fraction of sp³-hybridized carbons (Fsp3) is 0.522. The monoisotopic (exact) mass is 416 g/mol. The van der Waals surface area contributed by atoms with Gasteiger partial charge in [-0.05, 0) is 60.5 Å². The van der Waals surface area contributed by atoms with Crippen molar-refractivity contribution < 1.29 is 23.9 Å². The van der Waals surface area contributed by atoms with E-state index in [1.54, 1.807) is 59.8 Å². The van der Waals surface area contributed by atoms with Crippen LogP contribution >= 0.6 is 0 Å². The number of hydrogen-bond acceptors (Lipinski definition) is 5. The topological polar surface area (TPSA) is 84.9 Å². The molecule has 0 bridgehead atoms. The van der Waals surface area contributed by atoms with Gasteiger partial charge >= 0.3 is 12.2 Å². The third-order valence-electron chi connectivity index (χ3n) is 4.38. The maximum absolute atomic E-state index is 13.2. The number of aryl methyl sites for hydroxylation is 1. The largest absolute Gasteiger partial charge is 0.443 e. The predicted octanol–water partition coefficient (Wildman–Crippen LogP) is 4.80. The summed E-state index contributed by atoms with van der Waals surface area (Å²) in [6.45, 7) is 12.3. The first-order chi connectivity index (χ1) is 13.8. The molecule has 0 aliphatic heterocycles. The molecule has 30 heavy (non-hydrogen) atoms. The molecule has 2 atom stereocenters. The van der Waals surface area contributed by atoms with Crippen molar-refractivity contribution in [1.29, 1.82) is 0 Å². The first-order valence-electron chi connectivity index (χ1n) is 10.1. The van der Waals surface area contributed by atoms with Crippen LogP contribution in [-0.2, 0) is 9.47 Å². The number of hydrazine groups is 1. The van der Waals surface area contributed by atoms with Gasteiger partial charge in [0.1, 0.15) is 11.2 Å². The van der Waals surface area contributed by atoms with Gasteiger partial charge in [-0.1, -0.05) is 36.4 Å². The van der Waals surface area contributed by atoms with Crippen LogP contribution in [0.3, 0.4) is 0 Å². The van der Waals surface area contributed by atoms with Gasteiger partial charge in [-0.15, -0.1) is 0 Å². The summed E-state index contributed by atoms with van der Waals surface area (Å²) in [4.78, 5) is 38.6. The minimum Gasteiger partial charge on any atom is -0.443 e. The number of rotatable bonds is 3. The zero-order valence-electron chi connectivity index (χ0n) is 18.8. The highest BCUT2D eigenvalue weighted by atomic mass is 16.6. The van der Waals surface area contributed by atoms with Crippen molar-refractivity contribution in [1.82, 2.24) is 10.4 Å². The fourth-order valence-electron chi connectivity index (χ4n) is 3.17. The summed E-state index contributed by atoms with van der Waals surface area (Å²) < 4.78 is 10.8. The van der Waals surface area contributed by atoms with E-state index in [4.69, 9.17) is 9.47 Å². The Labute approximate surface area is 178 Å². The van der Waals surface area contributed by atoms with Crippen LogP contribution in [0.4, 0.5) is 9.59 Å². The molecule has 0 heterocycles. The van der Waals surface area contributed by atoms with Crippen molar-refractivity contribution in [3.8, 4) is 0 Å². The first-order valence-corrected chi connectivity index (χ1v) is 10.1. The molecule has 1 aliphatic rings. The molecular formula is C23H32N2O5. The Morgan fingerprint density at radius 2 is 1.60 bits per heavy atom. The number of nitrogens with zero attached hydrogens (tertiary/aromatic N) is 1. The number of ketones is 1. The second-order valence-electron chi connectivity index (χ2n) is 9.40. The SMILES string of the molecule is Cc1ccccc1C(=O)[C@H]1C=CC[C@@H]1N(NC(=O)OC(C)(C)C)C(=O)OC(C)(C)C. The Hall–Kier alpha value is -2.83. The second kappa shape index (κ2) is 8.90. The molecule has 164 valence electrons. The number of carbonyl (C=O) groups is 3. The summed E-state index contributed by atoms with van der Waals surface area (Å²) >= 11 is 0. The minimum atomic E-state index is -0.789. The summed E-state index contributed by atoms with van der Waals surface area (Å²) in [6.07, 6.45) is 2.47. The summed E-state index contributed by atoms with van der Waals surface area (Å²) in [5, 5.41) is 1.08. The molecule has 7 nitrogen and oxygen atoms in total. The van der Waals surface area contributed by atoms with Crippen LogP contribution in [0.5, 0.6) is 0 Å². The number of Topliss-reactive ketones (excluding diaryl/α,β-unsaturated/α-hetero) is 1. The van der Waals surface area contributed by atoms with Gasteiger partial charge in [0.15, 0.2) is 5.78 Å². The second-order valence-corrected chi connectivity index (χ2v) is 9.40. The normalized spacial score (nSPS) is 18.6. The lowest BCUT2D eigenvalue weighted by molar-refractivity contribution is -0.0120. The third-order valence-corrected chi connectivity index (χ3v) is 4.38. The lowest BCUT2D eigenvalue weighted by Gasteiger charge is -2.34. The fourth-order valence-corrected chi connectivity index (χ4v) is 3.17. The minimum absolute atomic E-state index is 0.119. The average molecular weight is 417 g/mol. The molecule has 2 rings (SSSR count). The van der Waals surface area contributed by atoms with Crippen LogP contribution in [0.25, 0.3) is 0 Å². The van der Waals surface area contributed by atoms with Crippen LogP contribution in [0.1, 0.15) is 63.9 Å². The molecule has 0 saturated heterocycles. The standard InChI is InChI=1S/C23H32N2O5/c1-15-11-8-9-12-16(15)19(26)17-13-10-14-18(17)25(21(28)30-23(5,6)7)24-20(27)29-22(2,3)4/h8-13,17-18H,14H2,1-7H3,(H,24,27)/t17-,18-/m0/s1. The van der Waals surface area contributed by atoms with E-state index in [2.05, 4.69) is 5.43 Å². The molecule has 1 aliphatic carbocycles. The highest BCUT2D eigenvalue weighted by molar-refractivity contribution is 6.01. The van der Waals surface area contributed by atoms with Gasteiger partial charge in [-0.25, -0.2) is 20.0 Å². The summed E-state index contributed by atoms with van der Waals surface area (Å²) in [7, 11) is 0. The maximum atomic E-state index is 13.2. The Morgan fingerprint density at radius 1 is 1.00 bits per heavy atom. The molecule has 1 N–H and O–H groups in total. The van der Waals surface area contributed by atoms with E-state index in [1.807, 2.05) is 25.1 Å². The van der Waals surface area contributed by atoms with Gasteiger partial charge in [-0.2, -0.15) is 0 Å². The van der Waals surface area contributed by atoms with Crippen LogP contribution in [0.2, 0.25) is 0 Å². The van der Waals surface area contributed by atoms with E-state index in [0.717, 1.165) is 10.6 Å². The van der Waals surface area contributed by atoms with Crippen molar-refractivity contribution in [2.24, 2.45) is 5.92 Å². The van der Waals surface area contributed by atoms with E-state index in [1.165, 1.54) is 0 Å². The Balaban J connectivity index is 2.31. The molecule has 0 fully saturated rings. The van der Waals surface area contributed by atoms with E-state index < -0.39 is 35.3 Å². The number of carbonyl (C=O) groups excluding carboxylic acids is 3. The van der Waals surface area contributed by atoms with Crippen LogP contribution in [0, 0.1) is 12.8 Å². The van der Waals surface area contributed by atoms with Crippen LogP contribution in [0.15, 0.2) is 36.4 Å². The lowest BCUT2D eigenvalue weighted by atomic mass is 9.91. The molecule has 0 spiro atoms. The number of nitrogens with one attached hydrogen (secondary N) is 1. The highest BCUT2D eigenvalue weighted by Gasteiger charge is 2.40. The average Bonchev–Trinajstić information content (AvgIpc) is 3.05. The van der Waals surface area contributed by atoms with Crippen LogP contribution in [-0.4, -0.2) is 40.2 Å². The van der Waals surface area contributed by atoms with E-state index in [9.17, 15) is 14.4 Å². The number of ether oxygens (including phenoxy) is 2. The summed E-state index contributed by atoms with van der Waals surface area (Å²) in [5.74, 6) is -0.736. The van der Waals surface area contributed by atoms with Crippen LogP contribution < -0.4 is 5.43 Å². The van der Waals surface area contributed by atoms with E-state index >= 15 is 0 Å². The zero-order chi connectivity index (χ0) is 22.7. The molecule has 1 aromatic carbocycles. The first kappa shape index (κ1) is 23.4. The molecule has 7 heteroatoms. The number of benzene rings is 1. The molecule has 1 aromatic rings. The van der Waals surface area contributed by atoms with Gasteiger partial charge in [0.25, 0.3) is 0 Å². The molecule has 0 saturated carbocycles. The van der Waals surface area contributed by atoms with Crippen molar-refractivity contribution in [2.45, 2.75) is 72.1 Å². The van der Waals surface area contributed by atoms with Crippen molar-refractivity contribution in [3.05, 3.63) is 47.5 Å². The predicted molar refractivity (Wildman–Crippen MR) is 114 cm³/mol. The summed E-state index contributed by atoms with van der Waals surface area (Å²) in [5.41, 5.74) is 2.42. The summed E-state index contributed by atoms with van der Waals surface area (Å²) in [6, 6.07) is 6.68. The van der Waals surface area contributed by atoms with Crippen molar-refractivity contribution in [2.75, 3.05) is 0 Å². The van der Waals surface area contributed by atoms with Gasteiger partial charge in [0.05, 0.1) is 12.0 Å². The zero-order valence-corrected chi connectivity index (χ0v) is 18.8. The van der Waals surface area contributed by atoms with Gasteiger partial charge < -0.3 is 9.47 Å². The van der Waals surface area contributed by atoms with E-state index in [-0.39, 0.29) is 5.78 Å². The van der Waals surface area contributed by atoms with Crippen molar-refractivity contribution in [3.63, 3.8) is 0 Å². The molecule has 0 radical (unpaired) electrons. The molecule has 2 amide bonds. The Bertz CT molecular complexity index is 833. The molecular weight excluding hydrogens is 384 g/mol. The smallest absolute Gasteiger partial charge is 0.429 e. The highest BCUT2D eigenvalue weighted by Crippen LogP contribution is 2.29. The third kappa shape index (κ3) is 6.34. The van der Waals surface area contributed by atoms with Gasteiger partial charge in [0.2, 0.25) is 0 Å². The maximum Gasteiger partial charge on any atom is 0.429 e. The Kier molecular flexibility index (Phi) is 6.95. The Morgan fingerprint density at radius 3 is 2.17 bits per heavy atom. The number of hydrogen-bond donors (Lipinski definition) is 1. The molecule has 0 aromatic heterocycles. The quantitative estimate of drug-likeness (QED) is 0.435. The molecule has 0 unspecified atom stereocenters. The van der Waals surface area contributed by atoms with Gasteiger partial charge in [0, 0.05) is 5.56 Å². The lowest BCUT2D eigenvalue weighted by Crippen LogP contribution is -2.56. The van der Waals surface area contributed by atoms with E-state index in [0.29, 0.717) is 12.0 Å². The number of amides is 2. The van der Waals surface area contributed by atoms with Crippen molar-refractivity contribution >= 4 is 18.0 Å².